The third-order valence-corrected chi connectivity index (χ3v) is 3.54. The van der Waals surface area contributed by atoms with Gasteiger partial charge in [-0.1, -0.05) is 27.2 Å². The molecule has 3 atom stereocenters. The van der Waals surface area contributed by atoms with Crippen molar-refractivity contribution in [2.45, 2.75) is 47.0 Å². The fourth-order valence-electron chi connectivity index (χ4n) is 2.67. The maximum atomic E-state index is 11.4. The fourth-order valence-corrected chi connectivity index (χ4v) is 2.67. The number of Topliss-reactive ketones (excluding diaryl/α,β-unsaturated/α-hetero) is 1. The smallest absolute Gasteiger partial charge is 0.133 e. The second-order valence-electron chi connectivity index (χ2n) is 5.04. The van der Waals surface area contributed by atoms with Crippen LogP contribution in [-0.4, -0.2) is 5.78 Å². The topological polar surface area (TPSA) is 17.1 Å². The first-order valence-electron chi connectivity index (χ1n) is 5.52. The highest BCUT2D eigenvalue weighted by atomic mass is 16.1. The highest BCUT2D eigenvalue weighted by molar-refractivity contribution is 5.78. The predicted octanol–water partition coefficient (Wildman–Crippen LogP) is 3.28. The van der Waals surface area contributed by atoms with Crippen molar-refractivity contribution in [2.75, 3.05) is 0 Å². The largest absolute Gasteiger partial charge is 0.300 e. The molecule has 13 heavy (non-hydrogen) atoms. The molecule has 0 aromatic heterocycles. The first kappa shape index (κ1) is 10.7. The Morgan fingerprint density at radius 1 is 1.31 bits per heavy atom. The zero-order valence-corrected chi connectivity index (χ0v) is 9.34. The molecule has 1 rings (SSSR count). The lowest BCUT2D eigenvalue weighted by atomic mass is 9.69. The Morgan fingerprint density at radius 3 is 2.38 bits per heavy atom. The Bertz CT molecular complexity index is 184. The lowest BCUT2D eigenvalue weighted by molar-refractivity contribution is -0.124. The molecule has 0 aromatic carbocycles. The number of carbonyl (C=O) groups is 1. The Morgan fingerprint density at radius 2 is 1.92 bits per heavy atom. The summed E-state index contributed by atoms with van der Waals surface area (Å²) < 4.78 is 0. The molecule has 0 amide bonds. The number of ketones is 1. The SMILES string of the molecule is CC(=O)C1CCC(C)CC1C(C)C. The van der Waals surface area contributed by atoms with Gasteiger partial charge in [0.15, 0.2) is 0 Å². The predicted molar refractivity (Wildman–Crippen MR) is 55.5 cm³/mol. The zero-order valence-electron chi connectivity index (χ0n) is 9.34. The van der Waals surface area contributed by atoms with E-state index >= 15 is 0 Å². The fraction of sp³-hybridized carbons (Fsp3) is 0.917. The number of hydrogen-bond acceptors (Lipinski definition) is 1. The van der Waals surface area contributed by atoms with Crippen LogP contribution in [0.4, 0.5) is 0 Å². The molecule has 0 spiro atoms. The number of rotatable bonds is 2. The summed E-state index contributed by atoms with van der Waals surface area (Å²) in [6.45, 7) is 8.57. The highest BCUT2D eigenvalue weighted by Gasteiger charge is 2.33. The molecule has 0 saturated heterocycles. The van der Waals surface area contributed by atoms with Crippen LogP contribution in [0.1, 0.15) is 47.0 Å². The number of carbonyl (C=O) groups excluding carboxylic acids is 1. The Labute approximate surface area is 81.9 Å². The summed E-state index contributed by atoms with van der Waals surface area (Å²) in [5.41, 5.74) is 0. The molecule has 0 radical (unpaired) electrons. The third-order valence-electron chi connectivity index (χ3n) is 3.54. The molecule has 0 bridgehead atoms. The molecule has 0 heterocycles. The molecule has 1 aliphatic carbocycles. The summed E-state index contributed by atoms with van der Waals surface area (Å²) >= 11 is 0. The summed E-state index contributed by atoms with van der Waals surface area (Å²) in [6, 6.07) is 0. The van der Waals surface area contributed by atoms with E-state index in [0.717, 1.165) is 12.3 Å². The third kappa shape index (κ3) is 2.55. The monoisotopic (exact) mass is 182 g/mol. The van der Waals surface area contributed by atoms with Crippen molar-refractivity contribution in [3.05, 3.63) is 0 Å². The molecule has 76 valence electrons. The minimum Gasteiger partial charge on any atom is -0.300 e. The van der Waals surface area contributed by atoms with E-state index in [1.165, 1.54) is 12.8 Å². The Kier molecular flexibility index (Phi) is 3.52. The molecular formula is C12H22O. The molecule has 0 aliphatic heterocycles. The van der Waals surface area contributed by atoms with Crippen LogP contribution < -0.4 is 0 Å². The number of hydrogen-bond donors (Lipinski definition) is 0. The van der Waals surface area contributed by atoms with E-state index in [-0.39, 0.29) is 0 Å². The van der Waals surface area contributed by atoms with E-state index in [4.69, 9.17) is 0 Å². The van der Waals surface area contributed by atoms with Crippen LogP contribution in [0.5, 0.6) is 0 Å². The molecule has 1 heteroatoms. The molecule has 0 aromatic rings. The standard InChI is InChI=1S/C12H22O/c1-8(2)12-7-9(3)5-6-11(12)10(4)13/h8-9,11-12H,5-7H2,1-4H3. The molecule has 1 nitrogen and oxygen atoms in total. The Hall–Kier alpha value is -0.330. The van der Waals surface area contributed by atoms with Crippen LogP contribution in [0.15, 0.2) is 0 Å². The van der Waals surface area contributed by atoms with E-state index in [2.05, 4.69) is 20.8 Å². The summed E-state index contributed by atoms with van der Waals surface area (Å²) in [4.78, 5) is 11.4. The van der Waals surface area contributed by atoms with Crippen LogP contribution in [0.2, 0.25) is 0 Å². The summed E-state index contributed by atoms with van der Waals surface area (Å²) in [6.07, 6.45) is 3.62. The van der Waals surface area contributed by atoms with Gasteiger partial charge in [-0.3, -0.25) is 4.79 Å². The van der Waals surface area contributed by atoms with Crippen molar-refractivity contribution in [1.29, 1.82) is 0 Å². The van der Waals surface area contributed by atoms with Crippen molar-refractivity contribution in [3.63, 3.8) is 0 Å². The Balaban J connectivity index is 2.66. The van der Waals surface area contributed by atoms with Gasteiger partial charge in [0.05, 0.1) is 0 Å². The normalized spacial score (nSPS) is 35.0. The molecule has 0 N–H and O–H groups in total. The molecule has 3 unspecified atom stereocenters. The molecule has 1 saturated carbocycles. The van der Waals surface area contributed by atoms with Crippen LogP contribution >= 0.6 is 0 Å². The minimum atomic E-state index is 0.358. The van der Waals surface area contributed by atoms with Crippen molar-refractivity contribution in [2.24, 2.45) is 23.7 Å². The first-order chi connectivity index (χ1) is 6.02. The van der Waals surface area contributed by atoms with Gasteiger partial charge in [-0.2, -0.15) is 0 Å². The van der Waals surface area contributed by atoms with Crippen molar-refractivity contribution in [3.8, 4) is 0 Å². The maximum Gasteiger partial charge on any atom is 0.133 e. The van der Waals surface area contributed by atoms with Gasteiger partial charge in [-0.25, -0.2) is 0 Å². The highest BCUT2D eigenvalue weighted by Crippen LogP contribution is 2.38. The zero-order chi connectivity index (χ0) is 10.0. The van der Waals surface area contributed by atoms with Gasteiger partial charge in [-0.05, 0) is 37.5 Å². The summed E-state index contributed by atoms with van der Waals surface area (Å²) in [7, 11) is 0. The van der Waals surface area contributed by atoms with Crippen LogP contribution in [-0.2, 0) is 4.79 Å². The molecule has 1 aliphatic rings. The minimum absolute atomic E-state index is 0.358. The lowest BCUT2D eigenvalue weighted by Crippen LogP contribution is -2.31. The van der Waals surface area contributed by atoms with Gasteiger partial charge in [0.2, 0.25) is 0 Å². The van der Waals surface area contributed by atoms with Gasteiger partial charge in [0.1, 0.15) is 5.78 Å². The van der Waals surface area contributed by atoms with Gasteiger partial charge in [0.25, 0.3) is 0 Å². The lowest BCUT2D eigenvalue weighted by Gasteiger charge is -2.36. The average Bonchev–Trinajstić information content (AvgIpc) is 2.03. The molecular weight excluding hydrogens is 160 g/mol. The van der Waals surface area contributed by atoms with Crippen molar-refractivity contribution >= 4 is 5.78 Å². The second-order valence-corrected chi connectivity index (χ2v) is 5.04. The average molecular weight is 182 g/mol. The quantitative estimate of drug-likeness (QED) is 0.640. The van der Waals surface area contributed by atoms with Crippen LogP contribution in [0.3, 0.4) is 0 Å². The first-order valence-corrected chi connectivity index (χ1v) is 5.52. The van der Waals surface area contributed by atoms with Gasteiger partial charge in [-0.15, -0.1) is 0 Å². The maximum absolute atomic E-state index is 11.4. The second kappa shape index (κ2) is 4.26. The van der Waals surface area contributed by atoms with Crippen LogP contribution in [0.25, 0.3) is 0 Å². The van der Waals surface area contributed by atoms with Crippen LogP contribution in [0, 0.1) is 23.7 Å². The van der Waals surface area contributed by atoms with Crippen molar-refractivity contribution in [1.82, 2.24) is 0 Å². The van der Waals surface area contributed by atoms with Crippen molar-refractivity contribution < 1.29 is 4.79 Å². The van der Waals surface area contributed by atoms with Gasteiger partial charge < -0.3 is 0 Å². The van der Waals surface area contributed by atoms with E-state index < -0.39 is 0 Å². The van der Waals surface area contributed by atoms with Gasteiger partial charge in [0, 0.05) is 5.92 Å². The van der Waals surface area contributed by atoms with E-state index in [0.29, 0.717) is 23.5 Å². The summed E-state index contributed by atoms with van der Waals surface area (Å²) in [5.74, 6) is 2.89. The van der Waals surface area contributed by atoms with E-state index in [1.807, 2.05) is 0 Å². The summed E-state index contributed by atoms with van der Waals surface area (Å²) in [5, 5.41) is 0. The molecule has 1 fully saturated rings. The van der Waals surface area contributed by atoms with Gasteiger partial charge >= 0.3 is 0 Å². The van der Waals surface area contributed by atoms with E-state index in [1.54, 1.807) is 6.92 Å². The van der Waals surface area contributed by atoms with E-state index in [9.17, 15) is 4.79 Å².